The maximum absolute atomic E-state index is 12.5. The van der Waals surface area contributed by atoms with Gasteiger partial charge in [-0.25, -0.2) is 0 Å². The van der Waals surface area contributed by atoms with E-state index in [1.807, 2.05) is 29.9 Å². The van der Waals surface area contributed by atoms with Crippen LogP contribution in [0.1, 0.15) is 55.9 Å². The maximum Gasteiger partial charge on any atom is 0.268 e. The molecule has 5 rings (SSSR count). The second-order valence-corrected chi connectivity index (χ2v) is 7.98. The highest BCUT2D eigenvalue weighted by molar-refractivity contribution is 5.92. The first kappa shape index (κ1) is 13.4. The van der Waals surface area contributed by atoms with Crippen LogP contribution in [-0.4, -0.2) is 16.5 Å². The van der Waals surface area contributed by atoms with E-state index in [1.54, 1.807) is 0 Å². The highest BCUT2D eigenvalue weighted by Gasteiger charge is 2.53. The molecule has 0 aromatic carbocycles. The number of aryl methyl sites for hydroxylation is 1. The molecule has 4 bridgehead atoms. The average Bonchev–Trinajstić information content (AvgIpc) is 2.83. The highest BCUT2D eigenvalue weighted by atomic mass is 16.2. The summed E-state index contributed by atoms with van der Waals surface area (Å²) in [5.41, 5.74) is 1.15. The van der Waals surface area contributed by atoms with Gasteiger partial charge in [-0.1, -0.05) is 0 Å². The van der Waals surface area contributed by atoms with Crippen LogP contribution in [-0.2, 0) is 7.05 Å². The fourth-order valence-electron chi connectivity index (χ4n) is 5.83. The number of carbonyl (C=O) groups excluding carboxylic acids is 1. The second-order valence-electron chi connectivity index (χ2n) is 7.98. The van der Waals surface area contributed by atoms with Gasteiger partial charge in [0.1, 0.15) is 5.69 Å². The van der Waals surface area contributed by atoms with Crippen molar-refractivity contribution in [1.82, 2.24) is 9.88 Å². The van der Waals surface area contributed by atoms with Crippen LogP contribution in [0.3, 0.4) is 0 Å². The Hall–Kier alpha value is -1.25. The zero-order valence-corrected chi connectivity index (χ0v) is 13.1. The van der Waals surface area contributed by atoms with Crippen LogP contribution in [0.5, 0.6) is 0 Å². The molecule has 4 fully saturated rings. The lowest BCUT2D eigenvalue weighted by Crippen LogP contribution is -2.55. The number of amides is 1. The molecule has 0 aliphatic heterocycles. The maximum atomic E-state index is 12.5. The van der Waals surface area contributed by atoms with E-state index in [4.69, 9.17) is 0 Å². The molecule has 1 heterocycles. The molecule has 4 aliphatic rings. The first-order valence-corrected chi connectivity index (χ1v) is 8.48. The normalized spacial score (nSPS) is 38.5. The molecule has 1 N–H and O–H groups in total. The summed E-state index contributed by atoms with van der Waals surface area (Å²) in [6.45, 7) is 2.24. The molecule has 3 nitrogen and oxygen atoms in total. The molecular formula is C18H26N2O. The van der Waals surface area contributed by atoms with Crippen LogP contribution >= 0.6 is 0 Å². The molecule has 4 aliphatic carbocycles. The molecule has 114 valence electrons. The number of hydrogen-bond acceptors (Lipinski definition) is 1. The van der Waals surface area contributed by atoms with Crippen molar-refractivity contribution in [3.8, 4) is 0 Å². The SMILES string of the molecule is C[C@H](NC(=O)c1cccn1C)C12CC3CC(CC(C3)C1)C2. The summed E-state index contributed by atoms with van der Waals surface area (Å²) in [7, 11) is 1.93. The third-order valence-electron chi connectivity index (χ3n) is 6.53. The summed E-state index contributed by atoms with van der Waals surface area (Å²) in [5, 5.41) is 3.32. The van der Waals surface area contributed by atoms with Crippen molar-refractivity contribution in [3.05, 3.63) is 24.0 Å². The van der Waals surface area contributed by atoms with Gasteiger partial charge in [0.25, 0.3) is 5.91 Å². The predicted octanol–water partition coefficient (Wildman–Crippen LogP) is 3.36. The quantitative estimate of drug-likeness (QED) is 0.908. The van der Waals surface area contributed by atoms with Crippen LogP contribution in [0.15, 0.2) is 18.3 Å². The monoisotopic (exact) mass is 286 g/mol. The Kier molecular flexibility index (Phi) is 2.95. The average molecular weight is 286 g/mol. The lowest BCUT2D eigenvalue weighted by Gasteiger charge is -2.59. The summed E-state index contributed by atoms with van der Waals surface area (Å²) >= 11 is 0. The lowest BCUT2D eigenvalue weighted by atomic mass is 9.48. The summed E-state index contributed by atoms with van der Waals surface area (Å²) in [5.74, 6) is 2.90. The van der Waals surface area contributed by atoms with E-state index < -0.39 is 0 Å². The Balaban J connectivity index is 1.51. The Labute approximate surface area is 127 Å². The molecule has 0 radical (unpaired) electrons. The smallest absolute Gasteiger partial charge is 0.268 e. The van der Waals surface area contributed by atoms with Crippen molar-refractivity contribution in [2.24, 2.45) is 30.2 Å². The third-order valence-corrected chi connectivity index (χ3v) is 6.53. The summed E-state index contributed by atoms with van der Waals surface area (Å²) in [6.07, 6.45) is 10.3. The van der Waals surface area contributed by atoms with E-state index in [0.29, 0.717) is 11.5 Å². The fraction of sp³-hybridized carbons (Fsp3) is 0.722. The summed E-state index contributed by atoms with van der Waals surface area (Å²) in [4.78, 5) is 12.5. The van der Waals surface area contributed by atoms with Gasteiger partial charge < -0.3 is 9.88 Å². The van der Waals surface area contributed by atoms with Gasteiger partial charge in [0.2, 0.25) is 0 Å². The summed E-state index contributed by atoms with van der Waals surface area (Å²) < 4.78 is 1.90. The lowest BCUT2D eigenvalue weighted by molar-refractivity contribution is -0.0688. The van der Waals surface area contributed by atoms with Gasteiger partial charge >= 0.3 is 0 Å². The highest BCUT2D eigenvalue weighted by Crippen LogP contribution is 2.61. The van der Waals surface area contributed by atoms with Crippen molar-refractivity contribution < 1.29 is 4.79 Å². The molecule has 1 amide bonds. The number of nitrogens with one attached hydrogen (secondary N) is 1. The minimum atomic E-state index is 0.0887. The fourth-order valence-corrected chi connectivity index (χ4v) is 5.83. The summed E-state index contributed by atoms with van der Waals surface area (Å²) in [6, 6.07) is 4.14. The minimum Gasteiger partial charge on any atom is -0.348 e. The van der Waals surface area contributed by atoms with Crippen LogP contribution in [0.4, 0.5) is 0 Å². The largest absolute Gasteiger partial charge is 0.348 e. The third kappa shape index (κ3) is 2.13. The molecule has 1 atom stereocenters. The first-order valence-electron chi connectivity index (χ1n) is 8.48. The number of nitrogens with zero attached hydrogens (tertiary/aromatic N) is 1. The standard InChI is InChI=1S/C18H26N2O/c1-12(19-17(21)16-4-3-5-20(16)2)18-9-13-6-14(10-18)8-15(7-13)11-18/h3-5,12-15H,6-11H2,1-2H3,(H,19,21)/t12-,13?,14?,15?,18?/m0/s1. The van der Waals surface area contributed by atoms with E-state index in [-0.39, 0.29) is 5.91 Å². The van der Waals surface area contributed by atoms with E-state index in [2.05, 4.69) is 12.2 Å². The van der Waals surface area contributed by atoms with Gasteiger partial charge in [-0.3, -0.25) is 4.79 Å². The number of carbonyl (C=O) groups is 1. The zero-order valence-electron chi connectivity index (χ0n) is 13.1. The van der Waals surface area contributed by atoms with Gasteiger partial charge in [0.15, 0.2) is 0 Å². The molecule has 1 aromatic rings. The van der Waals surface area contributed by atoms with Gasteiger partial charge in [0.05, 0.1) is 0 Å². The number of rotatable bonds is 3. The van der Waals surface area contributed by atoms with Crippen molar-refractivity contribution >= 4 is 5.91 Å². The number of hydrogen-bond donors (Lipinski definition) is 1. The zero-order chi connectivity index (χ0) is 14.6. The molecule has 0 unspecified atom stereocenters. The Bertz CT molecular complexity index is 524. The topological polar surface area (TPSA) is 34.0 Å². The number of aromatic nitrogens is 1. The van der Waals surface area contributed by atoms with Gasteiger partial charge in [-0.05, 0) is 80.8 Å². The molecule has 0 spiro atoms. The van der Waals surface area contributed by atoms with Crippen LogP contribution in [0.25, 0.3) is 0 Å². The Morgan fingerprint density at radius 2 is 1.81 bits per heavy atom. The molecule has 3 heteroatoms. The Morgan fingerprint density at radius 1 is 1.24 bits per heavy atom. The Morgan fingerprint density at radius 3 is 2.29 bits per heavy atom. The van der Waals surface area contributed by atoms with Gasteiger partial charge in [-0.2, -0.15) is 0 Å². The molecule has 4 saturated carbocycles. The van der Waals surface area contributed by atoms with Crippen molar-refractivity contribution in [2.45, 2.75) is 51.5 Å². The van der Waals surface area contributed by atoms with Crippen molar-refractivity contribution in [3.63, 3.8) is 0 Å². The first-order chi connectivity index (χ1) is 10.1. The molecular weight excluding hydrogens is 260 g/mol. The van der Waals surface area contributed by atoms with Gasteiger partial charge in [0, 0.05) is 19.3 Å². The molecule has 0 saturated heterocycles. The van der Waals surface area contributed by atoms with E-state index in [0.717, 1.165) is 23.4 Å². The van der Waals surface area contributed by atoms with E-state index in [1.165, 1.54) is 38.5 Å². The van der Waals surface area contributed by atoms with Gasteiger partial charge in [-0.15, -0.1) is 0 Å². The van der Waals surface area contributed by atoms with Crippen LogP contribution in [0.2, 0.25) is 0 Å². The van der Waals surface area contributed by atoms with Crippen molar-refractivity contribution in [1.29, 1.82) is 0 Å². The minimum absolute atomic E-state index is 0.0887. The van der Waals surface area contributed by atoms with E-state index in [9.17, 15) is 4.79 Å². The van der Waals surface area contributed by atoms with Crippen molar-refractivity contribution in [2.75, 3.05) is 0 Å². The van der Waals surface area contributed by atoms with E-state index >= 15 is 0 Å². The predicted molar refractivity (Wildman–Crippen MR) is 82.9 cm³/mol. The second kappa shape index (κ2) is 4.62. The van der Waals surface area contributed by atoms with Crippen LogP contribution < -0.4 is 5.32 Å². The van der Waals surface area contributed by atoms with Crippen LogP contribution in [0, 0.1) is 23.2 Å². The molecule has 21 heavy (non-hydrogen) atoms. The molecule has 1 aromatic heterocycles.